The summed E-state index contributed by atoms with van der Waals surface area (Å²) in [7, 11) is 0. The number of anilines is 2. The Kier molecular flexibility index (Phi) is 9.72. The van der Waals surface area contributed by atoms with E-state index in [0.29, 0.717) is 18.2 Å². The Hall–Kier alpha value is -4.10. The second-order valence-electron chi connectivity index (χ2n) is 8.63. The van der Waals surface area contributed by atoms with Gasteiger partial charge < -0.3 is 15.4 Å². The van der Waals surface area contributed by atoms with E-state index in [4.69, 9.17) is 0 Å². The number of hydrogen-bond donors (Lipinski definition) is 2. The molecule has 0 unspecified atom stereocenters. The van der Waals surface area contributed by atoms with Crippen molar-refractivity contribution in [2.45, 2.75) is 30.8 Å². The van der Waals surface area contributed by atoms with Crippen molar-refractivity contribution in [2.24, 2.45) is 0 Å². The summed E-state index contributed by atoms with van der Waals surface area (Å²) in [4.78, 5) is 25.2. The van der Waals surface area contributed by atoms with E-state index in [1.54, 1.807) is 5.32 Å². The zero-order valence-electron chi connectivity index (χ0n) is 21.1. The zero-order valence-corrected chi connectivity index (χ0v) is 22.7. The van der Waals surface area contributed by atoms with Crippen LogP contribution < -0.4 is 15.4 Å². The van der Waals surface area contributed by atoms with E-state index in [9.17, 15) is 66.7 Å². The predicted molar refractivity (Wildman–Crippen MR) is 129 cm³/mol. The molecule has 0 aliphatic rings. The smallest absolute Gasteiger partial charge is 0.433 e. The number of ether oxygens (including phenoxy) is 1. The van der Waals surface area contributed by atoms with E-state index < -0.39 is 104 Å². The molecule has 3 rings (SSSR count). The van der Waals surface area contributed by atoms with Crippen LogP contribution in [0.1, 0.15) is 31.8 Å². The van der Waals surface area contributed by atoms with Crippen LogP contribution in [0.5, 0.6) is 5.75 Å². The molecule has 0 fully saturated rings. The van der Waals surface area contributed by atoms with Gasteiger partial charge >= 0.3 is 30.8 Å². The minimum atomic E-state index is -6.66. The number of benzene rings is 3. The summed E-state index contributed by atoms with van der Waals surface area (Å²) in [5, 5.41) is 3.50. The van der Waals surface area contributed by atoms with Crippen molar-refractivity contribution >= 4 is 39.1 Å². The summed E-state index contributed by atoms with van der Waals surface area (Å²) in [5.41, 5.74) is -14.1. The normalized spacial score (nSPS) is 12.7. The number of rotatable bonds is 7. The first-order chi connectivity index (χ1) is 20.5. The van der Waals surface area contributed by atoms with Crippen molar-refractivity contribution in [1.82, 2.24) is 0 Å². The molecule has 2 amide bonds. The van der Waals surface area contributed by atoms with Crippen molar-refractivity contribution < 1.29 is 75.8 Å². The molecule has 2 N–H and O–H groups in total. The summed E-state index contributed by atoms with van der Waals surface area (Å²) in [6.07, 6.45) is -18.5. The summed E-state index contributed by atoms with van der Waals surface area (Å²) in [6, 6.07) is 2.82. The first-order valence-electron chi connectivity index (χ1n) is 11.4. The fourth-order valence-electron chi connectivity index (χ4n) is 3.64. The molecule has 0 bridgehead atoms. The van der Waals surface area contributed by atoms with Crippen molar-refractivity contribution in [1.29, 1.82) is 0 Å². The Balaban J connectivity index is 2.00. The molecule has 244 valence electrons. The molecule has 5 nitrogen and oxygen atoms in total. The third-order valence-electron chi connectivity index (χ3n) is 5.71. The Labute approximate surface area is 249 Å². The van der Waals surface area contributed by atoms with E-state index in [-0.39, 0.29) is 12.1 Å². The van der Waals surface area contributed by atoms with Gasteiger partial charge in [0.15, 0.2) is 11.6 Å². The maximum Gasteiger partial charge on any atom is 0.435 e. The molecule has 3 aromatic rings. The van der Waals surface area contributed by atoms with Crippen LogP contribution in [-0.4, -0.2) is 30.8 Å². The Bertz CT molecular complexity index is 1610. The lowest BCUT2D eigenvalue weighted by Gasteiger charge is -2.31. The molecule has 20 heteroatoms. The highest BCUT2D eigenvalue weighted by atomic mass is 79.9. The van der Waals surface area contributed by atoms with E-state index in [0.717, 1.165) is 12.1 Å². The van der Waals surface area contributed by atoms with Gasteiger partial charge in [0.05, 0.1) is 22.5 Å². The molecular formula is C25H11BrF14N2O3. The second-order valence-corrected chi connectivity index (χ2v) is 9.49. The van der Waals surface area contributed by atoms with Gasteiger partial charge in [0.2, 0.25) is 0 Å². The number of carbonyl (C=O) groups excluding carboxylic acids is 2. The summed E-state index contributed by atoms with van der Waals surface area (Å²) in [6.45, 7) is -3.95. The first kappa shape index (κ1) is 35.4. The fourth-order valence-corrected chi connectivity index (χ4v) is 4.18. The zero-order chi connectivity index (χ0) is 34.3. The van der Waals surface area contributed by atoms with Gasteiger partial charge in [-0.25, -0.2) is 13.2 Å². The lowest BCUT2D eigenvalue weighted by atomic mass is 9.93. The Morgan fingerprint density at radius 1 is 0.778 bits per heavy atom. The van der Waals surface area contributed by atoms with Gasteiger partial charge in [-0.3, -0.25) is 9.59 Å². The maximum absolute atomic E-state index is 15.2. The molecule has 0 saturated heterocycles. The number of hydrogen-bond acceptors (Lipinski definition) is 3. The van der Waals surface area contributed by atoms with Crippen LogP contribution in [0.4, 0.5) is 72.8 Å². The van der Waals surface area contributed by atoms with Crippen LogP contribution in [0, 0.1) is 11.6 Å². The van der Waals surface area contributed by atoms with Crippen LogP contribution in [-0.2, 0) is 11.8 Å². The van der Waals surface area contributed by atoms with E-state index in [1.165, 1.54) is 0 Å². The molecule has 45 heavy (non-hydrogen) atoms. The predicted octanol–water partition coefficient (Wildman–Crippen LogP) is 9.14. The SMILES string of the molecule is O=C(Nc1cccc(C(=O)Nc2c(Br)cc(C(F)(C(F)(F)F)C(F)(F)F)cc2OC(F)F)c1F)c1ccc(F)c(C(F)(F)F)c1. The molecule has 0 heterocycles. The maximum atomic E-state index is 15.2. The highest BCUT2D eigenvalue weighted by Gasteiger charge is 2.73. The molecule has 0 spiro atoms. The van der Waals surface area contributed by atoms with Gasteiger partial charge in [0.1, 0.15) is 5.82 Å². The molecule has 0 radical (unpaired) electrons. The average Bonchev–Trinajstić information content (AvgIpc) is 2.88. The van der Waals surface area contributed by atoms with Gasteiger partial charge in [-0.2, -0.15) is 48.3 Å². The standard InChI is InChI=1S/C25H11BrF14N2O3/c26-13-7-10(22(31,24(35,36)37)25(38,39)40)8-16(45-21(29)30)18(13)42-20(44)11-2-1-3-15(17(11)28)41-19(43)9-4-5-14(27)12(6-9)23(32,33)34/h1-8,21H,(H,41,43)(H,42,44). The molecular weight excluding hydrogens is 722 g/mol. The van der Waals surface area contributed by atoms with Crippen molar-refractivity contribution in [2.75, 3.05) is 10.6 Å². The highest BCUT2D eigenvalue weighted by molar-refractivity contribution is 9.10. The van der Waals surface area contributed by atoms with Crippen LogP contribution >= 0.6 is 15.9 Å². The largest absolute Gasteiger partial charge is 0.435 e. The van der Waals surface area contributed by atoms with E-state index >= 15 is 4.39 Å². The summed E-state index contributed by atoms with van der Waals surface area (Å²) >= 11 is 2.43. The minimum absolute atomic E-state index is 0.106. The lowest BCUT2D eigenvalue weighted by Crippen LogP contribution is -2.50. The quantitative estimate of drug-likeness (QED) is 0.238. The van der Waals surface area contributed by atoms with Gasteiger partial charge in [-0.1, -0.05) is 6.07 Å². The number of carbonyl (C=O) groups is 2. The number of alkyl halides is 12. The summed E-state index contributed by atoms with van der Waals surface area (Å²) in [5.74, 6) is -8.04. The second kappa shape index (κ2) is 12.4. The molecule has 0 saturated carbocycles. The monoisotopic (exact) mass is 732 g/mol. The van der Waals surface area contributed by atoms with Crippen LogP contribution in [0.2, 0.25) is 0 Å². The average molecular weight is 733 g/mol. The number of nitrogens with one attached hydrogen (secondary N) is 2. The molecule has 3 aromatic carbocycles. The fraction of sp³-hybridized carbons (Fsp3) is 0.200. The third-order valence-corrected chi connectivity index (χ3v) is 6.34. The van der Waals surface area contributed by atoms with E-state index in [2.05, 4.69) is 20.7 Å². The van der Waals surface area contributed by atoms with Crippen molar-refractivity contribution in [3.63, 3.8) is 0 Å². The van der Waals surface area contributed by atoms with Crippen LogP contribution in [0.15, 0.2) is 53.0 Å². The molecule has 0 atom stereocenters. The number of halogens is 15. The molecule has 0 aliphatic carbocycles. The third kappa shape index (κ3) is 7.25. The highest BCUT2D eigenvalue weighted by Crippen LogP contribution is 2.55. The van der Waals surface area contributed by atoms with Crippen LogP contribution in [0.25, 0.3) is 0 Å². The summed E-state index contributed by atoms with van der Waals surface area (Å²) < 4.78 is 190. The van der Waals surface area contributed by atoms with Gasteiger partial charge in [0, 0.05) is 15.6 Å². The van der Waals surface area contributed by atoms with E-state index in [1.807, 2.05) is 5.32 Å². The number of amides is 2. The van der Waals surface area contributed by atoms with Gasteiger partial charge in [-0.15, -0.1) is 0 Å². The minimum Gasteiger partial charge on any atom is -0.433 e. The topological polar surface area (TPSA) is 67.4 Å². The van der Waals surface area contributed by atoms with Crippen LogP contribution in [0.3, 0.4) is 0 Å². The van der Waals surface area contributed by atoms with Crippen molar-refractivity contribution in [3.8, 4) is 5.75 Å². The molecule has 0 aromatic heterocycles. The lowest BCUT2D eigenvalue weighted by molar-refractivity contribution is -0.348. The van der Waals surface area contributed by atoms with Gasteiger partial charge in [0.25, 0.3) is 11.8 Å². The molecule has 0 aliphatic heterocycles. The first-order valence-corrected chi connectivity index (χ1v) is 12.2. The van der Waals surface area contributed by atoms with Crippen molar-refractivity contribution in [3.05, 3.63) is 86.9 Å². The Morgan fingerprint density at radius 2 is 1.38 bits per heavy atom. The van der Waals surface area contributed by atoms with Gasteiger partial charge in [-0.05, 0) is 58.4 Å². The Morgan fingerprint density at radius 3 is 1.91 bits per heavy atom.